The van der Waals surface area contributed by atoms with Crippen molar-refractivity contribution in [1.29, 1.82) is 0 Å². The third kappa shape index (κ3) is 4.67. The summed E-state index contributed by atoms with van der Waals surface area (Å²) in [7, 11) is 0. The Morgan fingerprint density at radius 3 is 2.33 bits per heavy atom. The van der Waals surface area contributed by atoms with E-state index in [9.17, 15) is 4.39 Å². The first kappa shape index (κ1) is 17.6. The lowest BCUT2D eigenvalue weighted by Gasteiger charge is -2.37. The third-order valence-electron chi connectivity index (χ3n) is 5.51. The number of hydrogen-bond donors (Lipinski definition) is 0. The second kappa shape index (κ2) is 8.77. The van der Waals surface area contributed by atoms with Crippen molar-refractivity contribution >= 4 is 0 Å². The molecule has 2 fully saturated rings. The summed E-state index contributed by atoms with van der Waals surface area (Å²) in [6.07, 6.45) is 9.92. The topological polar surface area (TPSA) is 18.5 Å². The predicted octanol–water partition coefficient (Wildman–Crippen LogP) is 5.44. The van der Waals surface area contributed by atoms with E-state index in [4.69, 9.17) is 9.47 Å². The number of hydrogen-bond acceptors (Lipinski definition) is 2. The van der Waals surface area contributed by atoms with E-state index in [1.807, 2.05) is 18.2 Å². The highest BCUT2D eigenvalue weighted by Gasteiger charge is 2.32. The van der Waals surface area contributed by atoms with Gasteiger partial charge in [-0.2, -0.15) is 0 Å². The second-order valence-electron chi connectivity index (χ2n) is 7.28. The summed E-state index contributed by atoms with van der Waals surface area (Å²) in [6.45, 7) is 5.43. The lowest BCUT2D eigenvalue weighted by Crippen LogP contribution is -2.38. The Balaban J connectivity index is 1.41. The van der Waals surface area contributed by atoms with Gasteiger partial charge in [-0.05, 0) is 68.6 Å². The van der Waals surface area contributed by atoms with E-state index < -0.39 is 0 Å². The fraction of sp³-hybridized carbons (Fsp3) is 0.619. The van der Waals surface area contributed by atoms with E-state index in [0.29, 0.717) is 17.8 Å². The van der Waals surface area contributed by atoms with Gasteiger partial charge in [0.05, 0.1) is 13.2 Å². The van der Waals surface area contributed by atoms with Crippen molar-refractivity contribution in [3.8, 4) is 0 Å². The fourth-order valence-electron chi connectivity index (χ4n) is 4.01. The number of rotatable bonds is 6. The Bertz CT molecular complexity index is 497. The van der Waals surface area contributed by atoms with Gasteiger partial charge in [-0.3, -0.25) is 0 Å². The molecule has 1 saturated heterocycles. The van der Waals surface area contributed by atoms with E-state index in [1.165, 1.54) is 12.0 Å². The lowest BCUT2D eigenvalue weighted by atomic mass is 9.78. The van der Waals surface area contributed by atoms with Crippen molar-refractivity contribution in [2.24, 2.45) is 11.8 Å². The molecular formula is C21H29FO2. The summed E-state index contributed by atoms with van der Waals surface area (Å²) >= 11 is 0. The first-order valence-electron chi connectivity index (χ1n) is 9.36. The zero-order valence-electron chi connectivity index (χ0n) is 14.5. The molecule has 0 spiro atoms. The average Bonchev–Trinajstić information content (AvgIpc) is 2.63. The Hall–Kier alpha value is -1.19. The molecule has 0 aromatic heterocycles. The van der Waals surface area contributed by atoms with Crippen LogP contribution in [0.5, 0.6) is 0 Å². The average molecular weight is 332 g/mol. The van der Waals surface area contributed by atoms with E-state index >= 15 is 0 Å². The van der Waals surface area contributed by atoms with Crippen molar-refractivity contribution in [1.82, 2.24) is 0 Å². The van der Waals surface area contributed by atoms with Crippen LogP contribution in [0.1, 0.15) is 56.4 Å². The van der Waals surface area contributed by atoms with Crippen LogP contribution < -0.4 is 0 Å². The molecule has 1 saturated carbocycles. The van der Waals surface area contributed by atoms with Crippen LogP contribution in [0.2, 0.25) is 0 Å². The van der Waals surface area contributed by atoms with Crippen LogP contribution in [0.3, 0.4) is 0 Å². The van der Waals surface area contributed by atoms with Gasteiger partial charge in [-0.25, -0.2) is 4.39 Å². The Morgan fingerprint density at radius 2 is 1.71 bits per heavy atom. The molecule has 3 rings (SSSR count). The minimum absolute atomic E-state index is 0.0187. The maximum atomic E-state index is 13.1. The van der Waals surface area contributed by atoms with Gasteiger partial charge < -0.3 is 9.47 Å². The van der Waals surface area contributed by atoms with Crippen LogP contribution in [0, 0.1) is 17.7 Å². The Morgan fingerprint density at radius 1 is 1.04 bits per heavy atom. The van der Waals surface area contributed by atoms with Gasteiger partial charge in [0, 0.05) is 11.8 Å². The van der Waals surface area contributed by atoms with Crippen LogP contribution in [0.25, 0.3) is 0 Å². The molecule has 1 aromatic carbocycles. The summed E-state index contributed by atoms with van der Waals surface area (Å²) in [5.41, 5.74) is 1.27. The highest BCUT2D eigenvalue weighted by Crippen LogP contribution is 2.39. The Kier molecular flexibility index (Phi) is 6.44. The van der Waals surface area contributed by atoms with Crippen molar-refractivity contribution in [3.63, 3.8) is 0 Å². The van der Waals surface area contributed by atoms with Crippen molar-refractivity contribution < 1.29 is 13.9 Å². The molecule has 0 radical (unpaired) electrons. The van der Waals surface area contributed by atoms with E-state index in [1.54, 1.807) is 12.1 Å². The SMILES string of the molecule is C=CCCC[C@H]1CO[C@H]([C@H]2CC[C@H](c3ccc(F)cc3)CC2)OC1. The number of unbranched alkanes of at least 4 members (excludes halogenated alkanes) is 1. The van der Waals surface area contributed by atoms with Gasteiger partial charge in [-0.15, -0.1) is 6.58 Å². The highest BCUT2D eigenvalue weighted by atomic mass is 19.1. The summed E-state index contributed by atoms with van der Waals surface area (Å²) in [6, 6.07) is 7.01. The fourth-order valence-corrected chi connectivity index (χ4v) is 4.01. The number of benzene rings is 1. The molecule has 1 aliphatic heterocycles. The summed E-state index contributed by atoms with van der Waals surface area (Å²) in [5, 5.41) is 0. The van der Waals surface area contributed by atoms with Gasteiger partial charge in [-0.1, -0.05) is 18.2 Å². The number of halogens is 1. The normalized spacial score (nSPS) is 30.9. The monoisotopic (exact) mass is 332 g/mol. The molecule has 1 heterocycles. The first-order chi connectivity index (χ1) is 11.8. The smallest absolute Gasteiger partial charge is 0.160 e. The molecule has 2 nitrogen and oxygen atoms in total. The van der Waals surface area contributed by atoms with Crippen LogP contribution >= 0.6 is 0 Å². The quantitative estimate of drug-likeness (QED) is 0.510. The van der Waals surface area contributed by atoms with Crippen LogP contribution in [0.4, 0.5) is 4.39 Å². The zero-order chi connectivity index (χ0) is 16.8. The van der Waals surface area contributed by atoms with Gasteiger partial charge >= 0.3 is 0 Å². The molecule has 1 aromatic rings. The maximum Gasteiger partial charge on any atom is 0.160 e. The zero-order valence-corrected chi connectivity index (χ0v) is 14.5. The van der Waals surface area contributed by atoms with Gasteiger partial charge in [0.15, 0.2) is 6.29 Å². The molecule has 3 heteroatoms. The van der Waals surface area contributed by atoms with E-state index in [-0.39, 0.29) is 12.1 Å². The largest absolute Gasteiger partial charge is 0.352 e. The molecule has 0 unspecified atom stereocenters. The van der Waals surface area contributed by atoms with E-state index in [2.05, 4.69) is 6.58 Å². The molecule has 1 aliphatic carbocycles. The lowest BCUT2D eigenvalue weighted by molar-refractivity contribution is -0.229. The number of ether oxygens (including phenoxy) is 2. The van der Waals surface area contributed by atoms with Crippen LogP contribution in [0.15, 0.2) is 36.9 Å². The number of allylic oxidation sites excluding steroid dienone is 1. The standard InChI is InChI=1S/C21H29FO2/c1-2-3-4-5-16-14-23-21(24-15-16)19-8-6-17(7-9-19)18-10-12-20(22)13-11-18/h2,10-13,16-17,19,21H,1,3-9,14-15H2/t16-,17-,19-,21-. The van der Waals surface area contributed by atoms with Crippen LogP contribution in [-0.2, 0) is 9.47 Å². The second-order valence-corrected chi connectivity index (χ2v) is 7.28. The van der Waals surface area contributed by atoms with Crippen molar-refractivity contribution in [3.05, 3.63) is 48.3 Å². The minimum atomic E-state index is -0.154. The molecule has 0 atom stereocenters. The molecule has 132 valence electrons. The van der Waals surface area contributed by atoms with Crippen molar-refractivity contribution in [2.45, 2.75) is 57.2 Å². The summed E-state index contributed by atoms with van der Waals surface area (Å²) in [4.78, 5) is 0. The van der Waals surface area contributed by atoms with Crippen LogP contribution in [-0.4, -0.2) is 19.5 Å². The van der Waals surface area contributed by atoms with Crippen molar-refractivity contribution in [2.75, 3.05) is 13.2 Å². The summed E-state index contributed by atoms with van der Waals surface area (Å²) < 4.78 is 25.1. The molecule has 0 bridgehead atoms. The first-order valence-corrected chi connectivity index (χ1v) is 9.36. The summed E-state index contributed by atoms with van der Waals surface area (Å²) in [5.74, 6) is 1.45. The molecule has 0 amide bonds. The minimum Gasteiger partial charge on any atom is -0.352 e. The van der Waals surface area contributed by atoms with Gasteiger partial charge in [0.25, 0.3) is 0 Å². The van der Waals surface area contributed by atoms with Gasteiger partial charge in [0.1, 0.15) is 5.82 Å². The Labute approximate surface area is 145 Å². The molecule has 2 aliphatic rings. The maximum absolute atomic E-state index is 13.1. The highest BCUT2D eigenvalue weighted by molar-refractivity contribution is 5.20. The molecule has 24 heavy (non-hydrogen) atoms. The van der Waals surface area contributed by atoms with E-state index in [0.717, 1.165) is 51.7 Å². The van der Waals surface area contributed by atoms with Gasteiger partial charge in [0.2, 0.25) is 0 Å². The molecule has 0 N–H and O–H groups in total. The molecular weight excluding hydrogens is 303 g/mol. The third-order valence-corrected chi connectivity index (χ3v) is 5.51. The predicted molar refractivity (Wildman–Crippen MR) is 94.3 cm³/mol.